The van der Waals surface area contributed by atoms with E-state index < -0.39 is 0 Å². The van der Waals surface area contributed by atoms with Crippen LogP contribution in [-0.4, -0.2) is 21.9 Å². The Morgan fingerprint density at radius 2 is 2.09 bits per heavy atom. The second-order valence-corrected chi connectivity index (χ2v) is 5.90. The van der Waals surface area contributed by atoms with Crippen molar-refractivity contribution < 1.29 is 9.84 Å². The van der Waals surface area contributed by atoms with Crippen molar-refractivity contribution in [1.29, 1.82) is 0 Å². The van der Waals surface area contributed by atoms with Crippen LogP contribution in [0, 0.1) is 0 Å². The van der Waals surface area contributed by atoms with E-state index in [-0.39, 0.29) is 39.8 Å². The van der Waals surface area contributed by atoms with Crippen molar-refractivity contribution >= 4 is 28.9 Å². The molecule has 0 aliphatic heterocycles. The number of aliphatic hydroxyl groups excluding tert-OH is 1. The van der Waals surface area contributed by atoms with Gasteiger partial charge in [-0.05, 0) is 25.0 Å². The van der Waals surface area contributed by atoms with Gasteiger partial charge in [-0.25, -0.2) is 5.10 Å². The van der Waals surface area contributed by atoms with E-state index in [0.29, 0.717) is 29.7 Å². The molecule has 0 fully saturated rings. The fourth-order valence-electron chi connectivity index (χ4n) is 2.66. The van der Waals surface area contributed by atoms with Crippen LogP contribution in [-0.2, 0) is 6.42 Å². The van der Waals surface area contributed by atoms with Crippen LogP contribution >= 0.6 is 23.2 Å². The number of aromatic nitrogens is 2. The lowest BCUT2D eigenvalue weighted by Gasteiger charge is -2.12. The third kappa shape index (κ3) is 2.54. The van der Waals surface area contributed by atoms with Gasteiger partial charge in [-0.3, -0.25) is 4.79 Å². The first-order valence-corrected chi connectivity index (χ1v) is 7.41. The lowest BCUT2D eigenvalue weighted by atomic mass is 10.1. The Kier molecular flexibility index (Phi) is 3.99. The zero-order valence-corrected chi connectivity index (χ0v) is 12.9. The van der Waals surface area contributed by atoms with Gasteiger partial charge in [0.1, 0.15) is 0 Å². The Morgan fingerprint density at radius 1 is 1.41 bits per heavy atom. The molecule has 1 aromatic heterocycles. The summed E-state index contributed by atoms with van der Waals surface area (Å²) in [5, 5.41) is 16.2. The molecule has 8 heteroatoms. The van der Waals surface area contributed by atoms with Gasteiger partial charge in [0.25, 0.3) is 5.56 Å². The molecule has 4 N–H and O–H groups in total. The molecule has 1 aliphatic carbocycles. The molecule has 1 aliphatic rings. The van der Waals surface area contributed by atoms with Crippen LogP contribution in [0.1, 0.15) is 23.5 Å². The average Bonchev–Trinajstić information content (AvgIpc) is 2.90. The molecule has 0 saturated heterocycles. The lowest BCUT2D eigenvalue weighted by molar-refractivity contribution is 0.264. The lowest BCUT2D eigenvalue weighted by Crippen LogP contribution is -2.18. The molecule has 6 nitrogen and oxygen atoms in total. The van der Waals surface area contributed by atoms with E-state index in [1.807, 2.05) is 0 Å². The van der Waals surface area contributed by atoms with Gasteiger partial charge in [0.05, 0.1) is 16.7 Å². The van der Waals surface area contributed by atoms with Crippen LogP contribution in [0.4, 0.5) is 5.69 Å². The highest BCUT2D eigenvalue weighted by Crippen LogP contribution is 2.41. The van der Waals surface area contributed by atoms with Gasteiger partial charge < -0.3 is 15.6 Å². The molecule has 0 spiro atoms. The van der Waals surface area contributed by atoms with Gasteiger partial charge in [-0.15, -0.1) is 5.10 Å². The van der Waals surface area contributed by atoms with Crippen molar-refractivity contribution in [3.63, 3.8) is 0 Å². The molecule has 2 aromatic rings. The van der Waals surface area contributed by atoms with Crippen molar-refractivity contribution in [2.75, 3.05) is 12.3 Å². The first-order valence-electron chi connectivity index (χ1n) is 6.66. The Bertz CT molecular complexity index is 768. The number of fused-ring (bicyclic) bond motifs is 1. The first kappa shape index (κ1) is 15.1. The minimum atomic E-state index is -0.312. The van der Waals surface area contributed by atoms with E-state index in [1.54, 1.807) is 0 Å². The SMILES string of the molecule is Nc1cc(Cl)c(Oc2n[nH]c(=O)c3c2CCC3CO)c(Cl)c1. The molecule has 1 unspecified atom stereocenters. The third-order valence-corrected chi connectivity index (χ3v) is 4.24. The zero-order chi connectivity index (χ0) is 15.9. The van der Waals surface area contributed by atoms with Gasteiger partial charge in [0, 0.05) is 22.7 Å². The summed E-state index contributed by atoms with van der Waals surface area (Å²) in [5.41, 5.74) is 6.94. The molecule has 0 radical (unpaired) electrons. The third-order valence-electron chi connectivity index (χ3n) is 3.68. The number of nitrogens with zero attached hydrogens (tertiary/aromatic N) is 1. The number of ether oxygens (including phenoxy) is 1. The number of hydrogen-bond donors (Lipinski definition) is 3. The Morgan fingerprint density at radius 3 is 2.73 bits per heavy atom. The Hall–Kier alpha value is -1.76. The van der Waals surface area contributed by atoms with E-state index in [0.717, 1.165) is 0 Å². The summed E-state index contributed by atoms with van der Waals surface area (Å²) in [4.78, 5) is 11.9. The molecule has 1 heterocycles. The van der Waals surface area contributed by atoms with Crippen LogP contribution in [0.15, 0.2) is 16.9 Å². The number of nitrogens with one attached hydrogen (secondary N) is 1. The predicted octanol–water partition coefficient (Wildman–Crippen LogP) is 2.47. The van der Waals surface area contributed by atoms with Crippen LogP contribution in [0.25, 0.3) is 0 Å². The van der Waals surface area contributed by atoms with Gasteiger partial charge in [-0.1, -0.05) is 23.2 Å². The van der Waals surface area contributed by atoms with Gasteiger partial charge in [0.15, 0.2) is 5.75 Å². The number of nitrogen functional groups attached to an aromatic ring is 1. The number of anilines is 1. The Balaban J connectivity index is 2.05. The maximum atomic E-state index is 11.9. The topological polar surface area (TPSA) is 101 Å². The second-order valence-electron chi connectivity index (χ2n) is 5.08. The fraction of sp³-hybridized carbons (Fsp3) is 0.286. The van der Waals surface area contributed by atoms with Gasteiger partial charge in [0.2, 0.25) is 5.88 Å². The summed E-state index contributed by atoms with van der Waals surface area (Å²) in [7, 11) is 0. The summed E-state index contributed by atoms with van der Waals surface area (Å²) < 4.78 is 5.70. The number of aliphatic hydroxyl groups is 1. The zero-order valence-electron chi connectivity index (χ0n) is 11.4. The Labute approximate surface area is 135 Å². The van der Waals surface area contributed by atoms with Gasteiger partial charge >= 0.3 is 0 Å². The van der Waals surface area contributed by atoms with Crippen molar-refractivity contribution in [3.8, 4) is 11.6 Å². The number of nitrogens with two attached hydrogens (primary N) is 1. The highest BCUT2D eigenvalue weighted by atomic mass is 35.5. The van der Waals surface area contributed by atoms with Crippen LogP contribution < -0.4 is 16.0 Å². The van der Waals surface area contributed by atoms with E-state index >= 15 is 0 Å². The summed E-state index contributed by atoms with van der Waals surface area (Å²) in [6.45, 7) is -0.0943. The van der Waals surface area contributed by atoms with Crippen LogP contribution in [0.3, 0.4) is 0 Å². The quantitative estimate of drug-likeness (QED) is 0.744. The summed E-state index contributed by atoms with van der Waals surface area (Å²) in [5.74, 6) is 0.257. The fourth-order valence-corrected chi connectivity index (χ4v) is 3.24. The maximum Gasteiger partial charge on any atom is 0.268 e. The molecule has 0 bridgehead atoms. The molecule has 116 valence electrons. The molecule has 1 aromatic carbocycles. The van der Waals surface area contributed by atoms with E-state index in [4.69, 9.17) is 33.7 Å². The van der Waals surface area contributed by atoms with Crippen LogP contribution in [0.5, 0.6) is 11.6 Å². The van der Waals surface area contributed by atoms with Crippen molar-refractivity contribution in [3.05, 3.63) is 43.7 Å². The van der Waals surface area contributed by atoms with Gasteiger partial charge in [-0.2, -0.15) is 0 Å². The largest absolute Gasteiger partial charge is 0.434 e. The van der Waals surface area contributed by atoms with E-state index in [1.165, 1.54) is 12.1 Å². The molecule has 0 amide bonds. The highest BCUT2D eigenvalue weighted by Gasteiger charge is 2.29. The van der Waals surface area contributed by atoms with Crippen LogP contribution in [0.2, 0.25) is 10.0 Å². The minimum absolute atomic E-state index is 0.0943. The number of hydrogen-bond acceptors (Lipinski definition) is 5. The standard InChI is InChI=1S/C14H13Cl2N3O3/c15-9-3-7(17)4-10(16)12(9)22-14-8-2-1-6(5-20)11(8)13(21)18-19-14/h3-4,6,20H,1-2,5,17H2,(H,18,21). The van der Waals surface area contributed by atoms with E-state index in [2.05, 4.69) is 10.2 Å². The molecule has 22 heavy (non-hydrogen) atoms. The van der Waals surface area contributed by atoms with Crippen molar-refractivity contribution in [1.82, 2.24) is 10.2 Å². The molecular weight excluding hydrogens is 329 g/mol. The number of halogens is 2. The molecular formula is C14H13Cl2N3O3. The predicted molar refractivity (Wildman–Crippen MR) is 84.0 cm³/mol. The molecule has 1 atom stereocenters. The first-order chi connectivity index (χ1) is 10.5. The molecule has 3 rings (SSSR count). The average molecular weight is 342 g/mol. The number of H-pyrrole nitrogens is 1. The minimum Gasteiger partial charge on any atom is -0.434 e. The van der Waals surface area contributed by atoms with Crippen molar-refractivity contribution in [2.24, 2.45) is 0 Å². The maximum absolute atomic E-state index is 11.9. The second kappa shape index (κ2) is 5.79. The highest BCUT2D eigenvalue weighted by molar-refractivity contribution is 6.37. The number of aromatic amines is 1. The summed E-state index contributed by atoms with van der Waals surface area (Å²) >= 11 is 12.2. The van der Waals surface area contributed by atoms with E-state index in [9.17, 15) is 9.90 Å². The number of benzene rings is 1. The number of rotatable bonds is 3. The smallest absolute Gasteiger partial charge is 0.268 e. The molecule has 0 saturated carbocycles. The summed E-state index contributed by atoms with van der Waals surface area (Å²) in [6, 6.07) is 3.04. The van der Waals surface area contributed by atoms with Crippen molar-refractivity contribution in [2.45, 2.75) is 18.8 Å². The normalized spacial score (nSPS) is 16.6. The monoisotopic (exact) mass is 341 g/mol. The summed E-state index contributed by atoms with van der Waals surface area (Å²) in [6.07, 6.45) is 1.26.